The van der Waals surface area contributed by atoms with Gasteiger partial charge >= 0.3 is 0 Å². The third-order valence-electron chi connectivity index (χ3n) is 4.14. The van der Waals surface area contributed by atoms with E-state index in [1.165, 1.54) is 11.8 Å². The Morgan fingerprint density at radius 1 is 1.07 bits per heavy atom. The smallest absolute Gasteiger partial charge is 0.292 e. The maximum Gasteiger partial charge on any atom is 0.292 e. The number of aromatic nitrogens is 2. The average molecular weight is 380 g/mol. The second kappa shape index (κ2) is 10.2. The van der Waals surface area contributed by atoms with Crippen molar-refractivity contribution in [1.29, 1.82) is 0 Å². The van der Waals surface area contributed by atoms with Gasteiger partial charge in [0.15, 0.2) is 0 Å². The summed E-state index contributed by atoms with van der Waals surface area (Å²) in [6.07, 6.45) is 0. The van der Waals surface area contributed by atoms with Crippen molar-refractivity contribution in [1.82, 2.24) is 9.78 Å². The van der Waals surface area contributed by atoms with Gasteiger partial charge in [-0.2, -0.15) is 5.10 Å². The van der Waals surface area contributed by atoms with E-state index in [0.717, 1.165) is 33.5 Å². The highest BCUT2D eigenvalue weighted by molar-refractivity contribution is 5.63. The quantitative estimate of drug-likeness (QED) is 0.689. The lowest BCUT2D eigenvalue weighted by Crippen LogP contribution is -2.23. The normalized spacial score (nSPS) is 10.0. The van der Waals surface area contributed by atoms with E-state index in [-0.39, 0.29) is 12.2 Å². The minimum Gasteiger partial charge on any atom is -0.471 e. The molecule has 1 N–H and O–H groups in total. The van der Waals surface area contributed by atoms with Crippen molar-refractivity contribution < 1.29 is 14.6 Å². The molecule has 0 atom stereocenters. The van der Waals surface area contributed by atoms with Gasteiger partial charge in [0.1, 0.15) is 0 Å². The van der Waals surface area contributed by atoms with Crippen LogP contribution >= 0.6 is 0 Å². The summed E-state index contributed by atoms with van der Waals surface area (Å²) < 4.78 is 5.34. The maximum absolute atomic E-state index is 12.2. The summed E-state index contributed by atoms with van der Waals surface area (Å²) in [5, 5.41) is 13.9. The van der Waals surface area contributed by atoms with Crippen LogP contribution in [0.5, 0.6) is 0 Å². The number of benzene rings is 2. The minimum absolute atomic E-state index is 0.0176. The molecule has 0 saturated carbocycles. The van der Waals surface area contributed by atoms with Crippen LogP contribution in [0, 0.1) is 13.8 Å². The lowest BCUT2D eigenvalue weighted by atomic mass is 10.0. The van der Waals surface area contributed by atoms with Crippen LogP contribution in [-0.4, -0.2) is 28.5 Å². The van der Waals surface area contributed by atoms with Crippen LogP contribution in [-0.2, 0) is 22.7 Å². The van der Waals surface area contributed by atoms with Crippen molar-refractivity contribution in [2.24, 2.45) is 0 Å². The van der Waals surface area contributed by atoms with Crippen LogP contribution in [0.4, 0.5) is 0 Å². The summed E-state index contributed by atoms with van der Waals surface area (Å²) in [5.41, 5.74) is 5.62. The zero-order valence-electron chi connectivity index (χ0n) is 16.3. The van der Waals surface area contributed by atoms with Crippen LogP contribution in [0.15, 0.2) is 59.4 Å². The molecule has 0 spiro atoms. The molecule has 3 aromatic rings. The molecule has 6 nitrogen and oxygen atoms in total. The number of aryl methyl sites for hydroxylation is 2. The molecule has 0 saturated heterocycles. The molecule has 0 radical (unpaired) electrons. The summed E-state index contributed by atoms with van der Waals surface area (Å²) in [6, 6.07) is 17.1. The van der Waals surface area contributed by atoms with Crippen molar-refractivity contribution in [2.45, 2.75) is 27.0 Å². The van der Waals surface area contributed by atoms with Gasteiger partial charge in [0.05, 0.1) is 26.0 Å². The van der Waals surface area contributed by atoms with Crippen LogP contribution in [0.3, 0.4) is 0 Å². The molecular weight excluding hydrogens is 356 g/mol. The predicted octanol–water partition coefficient (Wildman–Crippen LogP) is 2.86. The zero-order valence-corrected chi connectivity index (χ0v) is 16.3. The first-order valence-electron chi connectivity index (χ1n) is 8.79. The highest BCUT2D eigenvalue weighted by Crippen LogP contribution is 2.22. The van der Waals surface area contributed by atoms with E-state index in [9.17, 15) is 9.90 Å². The molecule has 0 aliphatic rings. The molecule has 2 aromatic carbocycles. The van der Waals surface area contributed by atoms with Crippen molar-refractivity contribution in [2.75, 3.05) is 7.11 Å². The van der Waals surface area contributed by atoms with Gasteiger partial charge in [-0.15, -0.1) is 0 Å². The molecule has 0 bridgehead atoms. The summed E-state index contributed by atoms with van der Waals surface area (Å²) in [7, 11) is 1.31. The van der Waals surface area contributed by atoms with Gasteiger partial charge in [0.25, 0.3) is 12.0 Å². The Bertz CT molecular complexity index is 996. The summed E-state index contributed by atoms with van der Waals surface area (Å²) in [4.78, 5) is 21.1. The Morgan fingerprint density at radius 3 is 2.46 bits per heavy atom. The number of methoxy groups -OCH3 is 1. The molecule has 28 heavy (non-hydrogen) atoms. The van der Waals surface area contributed by atoms with E-state index < -0.39 is 0 Å². The molecule has 1 heterocycles. The summed E-state index contributed by atoms with van der Waals surface area (Å²) in [6.45, 7) is 4.82. The molecule has 1 aromatic heterocycles. The number of ether oxygens (including phenoxy) is 1. The first-order chi connectivity index (χ1) is 13.5. The topological polar surface area (TPSA) is 81.4 Å². The number of rotatable bonds is 5. The van der Waals surface area contributed by atoms with Crippen molar-refractivity contribution in [3.05, 3.63) is 87.2 Å². The van der Waals surface area contributed by atoms with E-state index >= 15 is 0 Å². The van der Waals surface area contributed by atoms with E-state index in [0.29, 0.717) is 13.0 Å². The third kappa shape index (κ3) is 5.62. The molecular formula is C22H24N2O4. The monoisotopic (exact) mass is 380 g/mol. The van der Waals surface area contributed by atoms with Gasteiger partial charge in [0, 0.05) is 11.6 Å². The maximum atomic E-state index is 12.2. The van der Waals surface area contributed by atoms with E-state index in [1.807, 2.05) is 50.2 Å². The molecule has 0 aliphatic heterocycles. The summed E-state index contributed by atoms with van der Waals surface area (Å²) >= 11 is 0. The Balaban J connectivity index is 0.000000640. The van der Waals surface area contributed by atoms with Gasteiger partial charge in [0.2, 0.25) is 0 Å². The standard InChI is InChI=1S/C20H20N2O2.C2H4O2/c1-14-4-3-5-16(10-14)12-22-20(24)9-8-19(21-22)18-11-17(13-23)7-6-15(18)2;1-4-2-3/h3-11,23H,12-13H2,1-2H3;2H,1H3. The molecule has 6 heteroatoms. The zero-order chi connectivity index (χ0) is 20.5. The first kappa shape index (κ1) is 21.1. The van der Waals surface area contributed by atoms with Crippen LogP contribution in [0.2, 0.25) is 0 Å². The Kier molecular flexibility index (Phi) is 7.65. The van der Waals surface area contributed by atoms with Crippen molar-refractivity contribution in [3.8, 4) is 11.3 Å². The second-order valence-corrected chi connectivity index (χ2v) is 6.34. The van der Waals surface area contributed by atoms with Crippen LogP contribution in [0.1, 0.15) is 22.3 Å². The molecule has 0 fully saturated rings. The Morgan fingerprint density at radius 2 is 1.82 bits per heavy atom. The number of carbonyl (C=O) groups excluding carboxylic acids is 1. The highest BCUT2D eigenvalue weighted by atomic mass is 16.5. The summed E-state index contributed by atoms with van der Waals surface area (Å²) in [5.74, 6) is 0. The molecule has 0 unspecified atom stereocenters. The second-order valence-electron chi connectivity index (χ2n) is 6.34. The van der Waals surface area contributed by atoms with Crippen LogP contribution in [0.25, 0.3) is 11.3 Å². The first-order valence-corrected chi connectivity index (χ1v) is 8.79. The number of aliphatic hydroxyl groups excluding tert-OH is 1. The van der Waals surface area contributed by atoms with Gasteiger partial charge in [-0.1, -0.05) is 42.0 Å². The minimum atomic E-state index is -0.128. The van der Waals surface area contributed by atoms with Gasteiger partial charge in [-0.25, -0.2) is 4.68 Å². The SMILES string of the molecule is COC=O.Cc1cccc(Cn2nc(-c3cc(CO)ccc3C)ccc2=O)c1. The predicted molar refractivity (Wildman–Crippen MR) is 108 cm³/mol. The fraction of sp³-hybridized carbons (Fsp3) is 0.227. The Hall–Kier alpha value is -3.25. The number of aliphatic hydroxyl groups is 1. The third-order valence-corrected chi connectivity index (χ3v) is 4.14. The highest BCUT2D eigenvalue weighted by Gasteiger charge is 2.08. The van der Waals surface area contributed by atoms with Crippen LogP contribution < -0.4 is 5.56 Å². The number of nitrogens with zero attached hydrogens (tertiary/aromatic N) is 2. The largest absolute Gasteiger partial charge is 0.471 e. The van der Waals surface area contributed by atoms with E-state index in [1.54, 1.807) is 12.1 Å². The van der Waals surface area contributed by atoms with Gasteiger partial charge in [-0.05, 0) is 42.7 Å². The number of hydrogen-bond donors (Lipinski definition) is 1. The lowest BCUT2D eigenvalue weighted by Gasteiger charge is -2.10. The van der Waals surface area contributed by atoms with Gasteiger partial charge in [-0.3, -0.25) is 9.59 Å². The molecule has 0 amide bonds. The van der Waals surface area contributed by atoms with E-state index in [2.05, 4.69) is 15.9 Å². The lowest BCUT2D eigenvalue weighted by molar-refractivity contribution is -0.126. The fourth-order valence-electron chi connectivity index (χ4n) is 2.73. The van der Waals surface area contributed by atoms with Crippen molar-refractivity contribution >= 4 is 6.47 Å². The number of carbonyl (C=O) groups is 1. The molecule has 3 rings (SSSR count). The average Bonchev–Trinajstić information content (AvgIpc) is 2.70. The van der Waals surface area contributed by atoms with E-state index in [4.69, 9.17) is 4.79 Å². The van der Waals surface area contributed by atoms with Crippen molar-refractivity contribution in [3.63, 3.8) is 0 Å². The molecule has 146 valence electrons. The number of hydrogen-bond acceptors (Lipinski definition) is 5. The molecule has 0 aliphatic carbocycles. The fourth-order valence-corrected chi connectivity index (χ4v) is 2.73. The van der Waals surface area contributed by atoms with Gasteiger partial charge < -0.3 is 9.84 Å². The Labute approximate surface area is 164 Å².